The van der Waals surface area contributed by atoms with Crippen molar-refractivity contribution in [2.75, 3.05) is 25.9 Å². The van der Waals surface area contributed by atoms with Crippen molar-refractivity contribution in [3.05, 3.63) is 23.8 Å². The van der Waals surface area contributed by atoms with Crippen molar-refractivity contribution >= 4 is 11.6 Å². The number of methoxy groups -OCH3 is 1. The minimum Gasteiger partial charge on any atom is -0.495 e. The quantitative estimate of drug-likeness (QED) is 0.817. The summed E-state index contributed by atoms with van der Waals surface area (Å²) in [5, 5.41) is 0. The third-order valence-electron chi connectivity index (χ3n) is 3.37. The van der Waals surface area contributed by atoms with Gasteiger partial charge in [0.1, 0.15) is 5.75 Å². The fourth-order valence-corrected chi connectivity index (χ4v) is 2.32. The van der Waals surface area contributed by atoms with Crippen molar-refractivity contribution in [2.45, 2.75) is 25.7 Å². The highest BCUT2D eigenvalue weighted by atomic mass is 16.5. The molecule has 0 bridgehead atoms. The zero-order valence-electron chi connectivity index (χ0n) is 10.8. The molecule has 1 saturated heterocycles. The van der Waals surface area contributed by atoms with Gasteiger partial charge >= 0.3 is 0 Å². The third kappa shape index (κ3) is 2.75. The summed E-state index contributed by atoms with van der Waals surface area (Å²) < 4.78 is 5.10. The van der Waals surface area contributed by atoms with E-state index in [-0.39, 0.29) is 5.91 Å². The largest absolute Gasteiger partial charge is 0.495 e. The topological polar surface area (TPSA) is 55.6 Å². The summed E-state index contributed by atoms with van der Waals surface area (Å²) in [5.74, 6) is 0.689. The maximum absolute atomic E-state index is 12.3. The maximum Gasteiger partial charge on any atom is 0.253 e. The van der Waals surface area contributed by atoms with E-state index in [1.165, 1.54) is 12.8 Å². The first kappa shape index (κ1) is 12.7. The molecule has 1 aromatic rings. The molecule has 1 aliphatic heterocycles. The Kier molecular flexibility index (Phi) is 4.07. The number of nitrogens with two attached hydrogens (primary N) is 1. The monoisotopic (exact) mass is 248 g/mol. The second-order valence-electron chi connectivity index (χ2n) is 4.66. The Labute approximate surface area is 108 Å². The number of benzene rings is 1. The first-order valence-electron chi connectivity index (χ1n) is 6.45. The summed E-state index contributed by atoms with van der Waals surface area (Å²) >= 11 is 0. The maximum atomic E-state index is 12.3. The molecule has 4 heteroatoms. The second-order valence-corrected chi connectivity index (χ2v) is 4.66. The molecular weight excluding hydrogens is 228 g/mol. The number of amides is 1. The lowest BCUT2D eigenvalue weighted by Crippen LogP contribution is -2.31. The van der Waals surface area contributed by atoms with Gasteiger partial charge in [0, 0.05) is 18.7 Å². The van der Waals surface area contributed by atoms with Gasteiger partial charge in [-0.15, -0.1) is 0 Å². The van der Waals surface area contributed by atoms with Gasteiger partial charge in [0.2, 0.25) is 0 Å². The molecule has 0 saturated carbocycles. The van der Waals surface area contributed by atoms with Crippen LogP contribution in [0.25, 0.3) is 0 Å². The van der Waals surface area contributed by atoms with Gasteiger partial charge in [-0.1, -0.05) is 12.8 Å². The van der Waals surface area contributed by atoms with E-state index >= 15 is 0 Å². The van der Waals surface area contributed by atoms with E-state index in [1.807, 2.05) is 4.90 Å². The Balaban J connectivity index is 2.14. The molecule has 1 aromatic carbocycles. The molecule has 1 amide bonds. The van der Waals surface area contributed by atoms with Crippen molar-refractivity contribution in [1.82, 2.24) is 4.90 Å². The van der Waals surface area contributed by atoms with Gasteiger partial charge in [-0.3, -0.25) is 4.79 Å². The second kappa shape index (κ2) is 5.76. The van der Waals surface area contributed by atoms with E-state index in [9.17, 15) is 4.79 Å². The molecule has 1 aliphatic rings. The number of carbonyl (C=O) groups is 1. The number of anilines is 1. The molecule has 0 spiro atoms. The van der Waals surface area contributed by atoms with Crippen LogP contribution in [0, 0.1) is 0 Å². The molecule has 0 aromatic heterocycles. The molecule has 0 aliphatic carbocycles. The van der Waals surface area contributed by atoms with Crippen LogP contribution in [0.3, 0.4) is 0 Å². The number of ether oxygens (including phenoxy) is 1. The van der Waals surface area contributed by atoms with Crippen molar-refractivity contribution in [3.63, 3.8) is 0 Å². The molecule has 0 atom stereocenters. The Morgan fingerprint density at radius 3 is 2.44 bits per heavy atom. The van der Waals surface area contributed by atoms with Gasteiger partial charge in [-0.05, 0) is 31.0 Å². The number of hydrogen-bond donors (Lipinski definition) is 1. The van der Waals surface area contributed by atoms with Crippen LogP contribution in [0.4, 0.5) is 5.69 Å². The molecule has 2 N–H and O–H groups in total. The number of carbonyl (C=O) groups excluding carboxylic acids is 1. The number of likely N-dealkylation sites (tertiary alicyclic amines) is 1. The van der Waals surface area contributed by atoms with Crippen LogP contribution in [-0.2, 0) is 0 Å². The summed E-state index contributed by atoms with van der Waals surface area (Å²) in [6, 6.07) is 5.23. The lowest BCUT2D eigenvalue weighted by Gasteiger charge is -2.20. The fraction of sp³-hybridized carbons (Fsp3) is 0.500. The SMILES string of the molecule is COc1ccc(C(=O)N2CCCCCC2)cc1N. The highest BCUT2D eigenvalue weighted by molar-refractivity contribution is 5.95. The van der Waals surface area contributed by atoms with Crippen LogP contribution < -0.4 is 10.5 Å². The summed E-state index contributed by atoms with van der Waals surface area (Å²) in [5.41, 5.74) is 6.99. The molecule has 1 heterocycles. The summed E-state index contributed by atoms with van der Waals surface area (Å²) in [6.45, 7) is 1.70. The van der Waals surface area contributed by atoms with Gasteiger partial charge in [-0.25, -0.2) is 0 Å². The standard InChI is InChI=1S/C14H20N2O2/c1-18-13-7-6-11(10-12(13)15)14(17)16-8-4-2-3-5-9-16/h6-7,10H,2-5,8-9,15H2,1H3. The number of rotatable bonds is 2. The van der Waals surface area contributed by atoms with Crippen molar-refractivity contribution < 1.29 is 9.53 Å². The number of hydrogen-bond acceptors (Lipinski definition) is 3. The van der Waals surface area contributed by atoms with E-state index in [0.717, 1.165) is 25.9 Å². The highest BCUT2D eigenvalue weighted by Crippen LogP contribution is 2.23. The van der Waals surface area contributed by atoms with E-state index < -0.39 is 0 Å². The van der Waals surface area contributed by atoms with Crippen LogP contribution in [0.1, 0.15) is 36.0 Å². The van der Waals surface area contributed by atoms with Gasteiger partial charge < -0.3 is 15.4 Å². The first-order valence-corrected chi connectivity index (χ1v) is 6.45. The predicted molar refractivity (Wildman–Crippen MR) is 71.8 cm³/mol. The third-order valence-corrected chi connectivity index (χ3v) is 3.37. The number of nitrogen functional groups attached to an aromatic ring is 1. The summed E-state index contributed by atoms with van der Waals surface area (Å²) in [4.78, 5) is 14.3. The molecule has 4 nitrogen and oxygen atoms in total. The minimum atomic E-state index is 0.0752. The molecule has 1 fully saturated rings. The van der Waals surface area contributed by atoms with Crippen molar-refractivity contribution in [3.8, 4) is 5.75 Å². The Bertz CT molecular complexity index is 424. The molecule has 0 radical (unpaired) electrons. The zero-order valence-corrected chi connectivity index (χ0v) is 10.8. The minimum absolute atomic E-state index is 0.0752. The lowest BCUT2D eigenvalue weighted by atomic mass is 10.1. The number of nitrogens with zero attached hydrogens (tertiary/aromatic N) is 1. The van der Waals surface area contributed by atoms with Crippen LogP contribution >= 0.6 is 0 Å². The molecular formula is C14H20N2O2. The average molecular weight is 248 g/mol. The zero-order chi connectivity index (χ0) is 13.0. The molecule has 98 valence electrons. The van der Waals surface area contributed by atoms with E-state index in [0.29, 0.717) is 17.0 Å². The molecule has 18 heavy (non-hydrogen) atoms. The van der Waals surface area contributed by atoms with Crippen LogP contribution in [0.15, 0.2) is 18.2 Å². The van der Waals surface area contributed by atoms with Crippen LogP contribution in [0.5, 0.6) is 5.75 Å². The summed E-state index contributed by atoms with van der Waals surface area (Å²) in [7, 11) is 1.57. The Hall–Kier alpha value is -1.71. The van der Waals surface area contributed by atoms with Crippen molar-refractivity contribution in [2.24, 2.45) is 0 Å². The Morgan fingerprint density at radius 1 is 1.22 bits per heavy atom. The van der Waals surface area contributed by atoms with Crippen LogP contribution in [-0.4, -0.2) is 31.0 Å². The van der Waals surface area contributed by atoms with E-state index in [4.69, 9.17) is 10.5 Å². The first-order chi connectivity index (χ1) is 8.72. The lowest BCUT2D eigenvalue weighted by molar-refractivity contribution is 0.0761. The van der Waals surface area contributed by atoms with E-state index in [2.05, 4.69) is 0 Å². The fourth-order valence-electron chi connectivity index (χ4n) is 2.32. The van der Waals surface area contributed by atoms with E-state index in [1.54, 1.807) is 25.3 Å². The van der Waals surface area contributed by atoms with Gasteiger partial charge in [0.05, 0.1) is 12.8 Å². The summed E-state index contributed by atoms with van der Waals surface area (Å²) in [6.07, 6.45) is 4.62. The highest BCUT2D eigenvalue weighted by Gasteiger charge is 2.17. The van der Waals surface area contributed by atoms with Gasteiger partial charge in [0.15, 0.2) is 0 Å². The van der Waals surface area contributed by atoms with Gasteiger partial charge in [0.25, 0.3) is 5.91 Å². The Morgan fingerprint density at radius 2 is 1.89 bits per heavy atom. The molecule has 0 unspecified atom stereocenters. The predicted octanol–water partition coefficient (Wildman–Crippen LogP) is 2.29. The normalized spacial score (nSPS) is 16.2. The molecule has 2 rings (SSSR count). The van der Waals surface area contributed by atoms with Crippen molar-refractivity contribution in [1.29, 1.82) is 0 Å². The van der Waals surface area contributed by atoms with Crippen LogP contribution in [0.2, 0.25) is 0 Å². The average Bonchev–Trinajstić information content (AvgIpc) is 2.66. The van der Waals surface area contributed by atoms with Gasteiger partial charge in [-0.2, -0.15) is 0 Å². The smallest absolute Gasteiger partial charge is 0.253 e.